The first-order chi connectivity index (χ1) is 11.6. The highest BCUT2D eigenvalue weighted by atomic mass is 19.1. The van der Waals surface area contributed by atoms with E-state index in [1.807, 2.05) is 18.2 Å². The van der Waals surface area contributed by atoms with Gasteiger partial charge in [-0.1, -0.05) is 24.3 Å². The lowest BCUT2D eigenvalue weighted by Gasteiger charge is -2.22. The fourth-order valence-electron chi connectivity index (χ4n) is 3.40. The van der Waals surface area contributed by atoms with Crippen LogP contribution in [0.4, 0.5) is 4.39 Å². The number of aliphatic hydroxyl groups excluding tert-OH is 1. The third-order valence-electron chi connectivity index (χ3n) is 4.74. The molecule has 0 spiro atoms. The van der Waals surface area contributed by atoms with Crippen molar-refractivity contribution >= 4 is 0 Å². The Hall–Kier alpha value is -1.91. The Balaban J connectivity index is 1.50. The predicted octanol–water partition coefficient (Wildman–Crippen LogP) is 3.45. The Morgan fingerprint density at radius 3 is 2.79 bits per heavy atom. The summed E-state index contributed by atoms with van der Waals surface area (Å²) in [4.78, 5) is 2.25. The van der Waals surface area contributed by atoms with Crippen LogP contribution in [0.15, 0.2) is 42.5 Å². The van der Waals surface area contributed by atoms with E-state index in [2.05, 4.69) is 4.90 Å². The smallest absolute Gasteiger partial charge is 0.126 e. The second-order valence-corrected chi connectivity index (χ2v) is 6.50. The molecule has 1 heterocycles. The van der Waals surface area contributed by atoms with E-state index >= 15 is 0 Å². The van der Waals surface area contributed by atoms with Crippen molar-refractivity contribution in [3.63, 3.8) is 0 Å². The van der Waals surface area contributed by atoms with Gasteiger partial charge in [0.2, 0.25) is 0 Å². The van der Waals surface area contributed by atoms with Gasteiger partial charge in [0.05, 0.1) is 6.10 Å². The molecule has 1 aliphatic rings. The van der Waals surface area contributed by atoms with Gasteiger partial charge in [0.25, 0.3) is 0 Å². The van der Waals surface area contributed by atoms with E-state index in [0.717, 1.165) is 55.5 Å². The number of aryl methyl sites for hydroxylation is 1. The summed E-state index contributed by atoms with van der Waals surface area (Å²) in [5.74, 6) is 0.122. The Kier molecular flexibility index (Phi) is 5.48. The van der Waals surface area contributed by atoms with Crippen LogP contribution in [0.3, 0.4) is 0 Å². The van der Waals surface area contributed by atoms with E-state index in [-0.39, 0.29) is 11.6 Å². The average molecular weight is 329 g/mol. The maximum absolute atomic E-state index is 13.6. The molecule has 3 rings (SSSR count). The van der Waals surface area contributed by atoms with Crippen LogP contribution in [-0.4, -0.2) is 34.7 Å². The SMILES string of the molecule is Oc1ccc2c(c1)CCN(CCCCc1ccccc1F)C[C@@H]2O. The monoisotopic (exact) mass is 329 g/mol. The molecule has 24 heavy (non-hydrogen) atoms. The first kappa shape index (κ1) is 16.9. The lowest BCUT2D eigenvalue weighted by atomic mass is 10.0. The van der Waals surface area contributed by atoms with Gasteiger partial charge in [0.1, 0.15) is 11.6 Å². The fourth-order valence-corrected chi connectivity index (χ4v) is 3.40. The zero-order chi connectivity index (χ0) is 16.9. The van der Waals surface area contributed by atoms with E-state index in [0.29, 0.717) is 6.54 Å². The van der Waals surface area contributed by atoms with Gasteiger partial charge >= 0.3 is 0 Å². The number of β-amino-alcohol motifs (C(OH)–C–C–N with tert-alkyl or cyclic N) is 1. The number of aliphatic hydroxyl groups is 1. The first-order valence-corrected chi connectivity index (χ1v) is 8.59. The van der Waals surface area contributed by atoms with E-state index in [4.69, 9.17) is 0 Å². The highest BCUT2D eigenvalue weighted by molar-refractivity contribution is 5.37. The summed E-state index contributed by atoms with van der Waals surface area (Å²) in [6, 6.07) is 12.1. The van der Waals surface area contributed by atoms with Gasteiger partial charge in [-0.2, -0.15) is 0 Å². The lowest BCUT2D eigenvalue weighted by Crippen LogP contribution is -2.29. The number of phenolic OH excluding ortho intramolecular Hbond substituents is 1. The summed E-state index contributed by atoms with van der Waals surface area (Å²) >= 11 is 0. The van der Waals surface area contributed by atoms with Gasteiger partial charge in [0.15, 0.2) is 0 Å². The topological polar surface area (TPSA) is 43.7 Å². The predicted molar refractivity (Wildman–Crippen MR) is 92.5 cm³/mol. The number of hydrogen-bond acceptors (Lipinski definition) is 3. The lowest BCUT2D eigenvalue weighted by molar-refractivity contribution is 0.119. The van der Waals surface area contributed by atoms with Crippen molar-refractivity contribution in [1.82, 2.24) is 4.90 Å². The molecule has 0 unspecified atom stereocenters. The molecule has 2 aromatic carbocycles. The van der Waals surface area contributed by atoms with Crippen molar-refractivity contribution in [2.24, 2.45) is 0 Å². The summed E-state index contributed by atoms with van der Waals surface area (Å²) in [7, 11) is 0. The van der Waals surface area contributed by atoms with Crippen LogP contribution in [0.2, 0.25) is 0 Å². The van der Waals surface area contributed by atoms with Gasteiger partial charge in [-0.05, 0) is 67.1 Å². The Labute approximate surface area is 142 Å². The summed E-state index contributed by atoms with van der Waals surface area (Å²) in [5, 5.41) is 20.0. The maximum Gasteiger partial charge on any atom is 0.126 e. The van der Waals surface area contributed by atoms with Crippen molar-refractivity contribution < 1.29 is 14.6 Å². The largest absolute Gasteiger partial charge is 0.508 e. The van der Waals surface area contributed by atoms with Crippen molar-refractivity contribution in [3.8, 4) is 5.75 Å². The quantitative estimate of drug-likeness (QED) is 0.826. The molecular weight excluding hydrogens is 305 g/mol. The van der Waals surface area contributed by atoms with Gasteiger partial charge in [-0.3, -0.25) is 0 Å². The van der Waals surface area contributed by atoms with E-state index < -0.39 is 6.10 Å². The molecule has 0 aromatic heterocycles. The minimum absolute atomic E-state index is 0.127. The van der Waals surface area contributed by atoms with Crippen LogP contribution in [0, 0.1) is 5.82 Å². The molecule has 0 saturated heterocycles. The summed E-state index contributed by atoms with van der Waals surface area (Å²) < 4.78 is 13.6. The number of phenols is 1. The molecule has 0 aliphatic carbocycles. The molecule has 1 aliphatic heterocycles. The number of hydrogen-bond donors (Lipinski definition) is 2. The van der Waals surface area contributed by atoms with E-state index in [9.17, 15) is 14.6 Å². The molecule has 0 bridgehead atoms. The van der Waals surface area contributed by atoms with Gasteiger partial charge in [-0.15, -0.1) is 0 Å². The number of unbranched alkanes of at least 4 members (excludes halogenated alkanes) is 1. The maximum atomic E-state index is 13.6. The van der Waals surface area contributed by atoms with E-state index in [1.54, 1.807) is 18.2 Å². The number of benzene rings is 2. The Morgan fingerprint density at radius 2 is 1.96 bits per heavy atom. The average Bonchev–Trinajstić information content (AvgIpc) is 2.72. The Morgan fingerprint density at radius 1 is 1.12 bits per heavy atom. The fraction of sp³-hybridized carbons (Fsp3) is 0.400. The molecule has 0 saturated carbocycles. The summed E-state index contributed by atoms with van der Waals surface area (Å²) in [6.45, 7) is 2.37. The zero-order valence-corrected chi connectivity index (χ0v) is 13.8. The molecule has 0 amide bonds. The molecule has 4 heteroatoms. The second-order valence-electron chi connectivity index (χ2n) is 6.50. The molecule has 3 nitrogen and oxygen atoms in total. The van der Waals surface area contributed by atoms with Crippen LogP contribution >= 0.6 is 0 Å². The van der Waals surface area contributed by atoms with Crippen LogP contribution in [0.25, 0.3) is 0 Å². The summed E-state index contributed by atoms with van der Waals surface area (Å²) in [6.07, 6.45) is 2.96. The number of rotatable bonds is 5. The minimum Gasteiger partial charge on any atom is -0.508 e. The van der Waals surface area contributed by atoms with Crippen molar-refractivity contribution in [3.05, 3.63) is 65.0 Å². The van der Waals surface area contributed by atoms with Crippen LogP contribution in [-0.2, 0) is 12.8 Å². The third kappa shape index (κ3) is 4.13. The Bertz CT molecular complexity index is 689. The number of nitrogens with zero attached hydrogens (tertiary/aromatic N) is 1. The van der Waals surface area contributed by atoms with Crippen LogP contribution in [0.1, 0.15) is 35.6 Å². The van der Waals surface area contributed by atoms with E-state index in [1.165, 1.54) is 6.07 Å². The molecule has 2 N–H and O–H groups in total. The molecular formula is C20H24FNO2. The zero-order valence-electron chi connectivity index (χ0n) is 13.8. The highest BCUT2D eigenvalue weighted by Gasteiger charge is 2.21. The molecule has 2 aromatic rings. The van der Waals surface area contributed by atoms with Gasteiger partial charge in [0, 0.05) is 13.1 Å². The standard InChI is InChI=1S/C20H24FNO2/c21-19-7-2-1-5-15(19)6-3-4-11-22-12-10-16-13-17(23)8-9-18(16)20(24)14-22/h1-2,5,7-9,13,20,23-24H,3-4,6,10-12,14H2/t20-/m0/s1. The number of halogens is 1. The second kappa shape index (κ2) is 7.77. The number of aromatic hydroxyl groups is 1. The molecule has 0 fully saturated rings. The highest BCUT2D eigenvalue weighted by Crippen LogP contribution is 2.27. The van der Waals surface area contributed by atoms with Gasteiger partial charge < -0.3 is 15.1 Å². The molecule has 128 valence electrons. The van der Waals surface area contributed by atoms with Crippen LogP contribution in [0.5, 0.6) is 5.75 Å². The molecule has 0 radical (unpaired) electrons. The third-order valence-corrected chi connectivity index (χ3v) is 4.74. The number of fused-ring (bicyclic) bond motifs is 1. The first-order valence-electron chi connectivity index (χ1n) is 8.59. The molecule has 1 atom stereocenters. The minimum atomic E-state index is -0.519. The van der Waals surface area contributed by atoms with Crippen molar-refractivity contribution in [1.29, 1.82) is 0 Å². The summed E-state index contributed by atoms with van der Waals surface area (Å²) in [5.41, 5.74) is 2.72. The normalized spacial score (nSPS) is 18.2. The van der Waals surface area contributed by atoms with Crippen molar-refractivity contribution in [2.45, 2.75) is 31.8 Å². The van der Waals surface area contributed by atoms with Gasteiger partial charge in [-0.25, -0.2) is 4.39 Å². The van der Waals surface area contributed by atoms with Crippen molar-refractivity contribution in [2.75, 3.05) is 19.6 Å². The van der Waals surface area contributed by atoms with Crippen LogP contribution < -0.4 is 0 Å².